The highest BCUT2D eigenvalue weighted by Gasteiger charge is 2.71. The number of aliphatic hydroxyl groups is 3. The first kappa shape index (κ1) is 29.8. The van der Waals surface area contributed by atoms with Crippen molar-refractivity contribution in [3.05, 3.63) is 75.3 Å². The number of phenols is 1. The second kappa shape index (κ2) is 9.66. The standard InChI is InChI=1S/C35H40O7/c1-8-19-10-11-21(20(9-2)14-19)22-12-13-24(37)26-23(22)15-33(6)16-34(7)27(17(3)4)29(38)25(18(5)36)31(40)35(34,42)32(41)28(33)30(26)39/h10-14,17,27,37-38,41-42H,8-9,15-16H2,1-7H3/t27?,33-,34-,35+/m1/s1. The SMILES string of the molecule is CCc1ccc(-c2ccc(O)c3c2C[C@]2(C)C[C@]4(C)C(C(C)C)C(O)=C(C(C)=O)C(=O)[C@]4(O)C(O)=C2C3=O)c(CC)c1. The van der Waals surface area contributed by atoms with Gasteiger partial charge in [-0.15, -0.1) is 0 Å². The van der Waals surface area contributed by atoms with Crippen LogP contribution in [0.15, 0.2) is 53.0 Å². The van der Waals surface area contributed by atoms with Crippen molar-refractivity contribution in [3.63, 3.8) is 0 Å². The summed E-state index contributed by atoms with van der Waals surface area (Å²) in [6.45, 7) is 12.4. The van der Waals surface area contributed by atoms with Gasteiger partial charge >= 0.3 is 0 Å². The van der Waals surface area contributed by atoms with Gasteiger partial charge in [0.15, 0.2) is 17.2 Å². The first-order valence-electron chi connectivity index (χ1n) is 14.8. The molecule has 3 aliphatic carbocycles. The van der Waals surface area contributed by atoms with E-state index in [1.165, 1.54) is 11.6 Å². The maximum absolute atomic E-state index is 14.3. The second-order valence-corrected chi connectivity index (χ2v) is 13.1. The van der Waals surface area contributed by atoms with E-state index in [-0.39, 0.29) is 41.4 Å². The van der Waals surface area contributed by atoms with Crippen LogP contribution in [0.3, 0.4) is 0 Å². The molecule has 4 atom stereocenters. The van der Waals surface area contributed by atoms with E-state index in [0.717, 1.165) is 36.5 Å². The number of hydrogen-bond acceptors (Lipinski definition) is 7. The molecule has 0 bridgehead atoms. The molecule has 2 aromatic carbocycles. The lowest BCUT2D eigenvalue weighted by Crippen LogP contribution is -2.67. The van der Waals surface area contributed by atoms with E-state index in [1.54, 1.807) is 6.92 Å². The lowest BCUT2D eigenvalue weighted by molar-refractivity contribution is -0.171. The summed E-state index contributed by atoms with van der Waals surface area (Å²) in [6, 6.07) is 9.54. The molecular formula is C35H40O7. The Kier molecular flexibility index (Phi) is 6.85. The van der Waals surface area contributed by atoms with Gasteiger partial charge in [0.1, 0.15) is 22.8 Å². The van der Waals surface area contributed by atoms with Gasteiger partial charge in [0.2, 0.25) is 5.78 Å². The number of carbonyl (C=O) groups is 3. The molecule has 0 aromatic heterocycles. The molecule has 0 aliphatic heterocycles. The summed E-state index contributed by atoms with van der Waals surface area (Å²) < 4.78 is 0. The molecule has 0 heterocycles. The van der Waals surface area contributed by atoms with Gasteiger partial charge in [-0.1, -0.05) is 65.8 Å². The van der Waals surface area contributed by atoms with Crippen molar-refractivity contribution in [1.82, 2.24) is 0 Å². The predicted molar refractivity (Wildman–Crippen MR) is 159 cm³/mol. The molecular weight excluding hydrogens is 532 g/mol. The minimum Gasteiger partial charge on any atom is -0.511 e. The van der Waals surface area contributed by atoms with Crippen molar-refractivity contribution < 1.29 is 34.8 Å². The first-order valence-corrected chi connectivity index (χ1v) is 14.8. The number of aryl methyl sites for hydroxylation is 2. The van der Waals surface area contributed by atoms with E-state index in [9.17, 15) is 34.8 Å². The highest BCUT2D eigenvalue weighted by atomic mass is 16.3. The van der Waals surface area contributed by atoms with E-state index in [1.807, 2.05) is 32.9 Å². The number of Topliss-reactive ketones (excluding diaryl/α,β-unsaturated/α-hetero) is 3. The Morgan fingerprint density at radius 1 is 1.00 bits per heavy atom. The van der Waals surface area contributed by atoms with Gasteiger partial charge in [-0.05, 0) is 72.4 Å². The molecule has 0 radical (unpaired) electrons. The van der Waals surface area contributed by atoms with Crippen molar-refractivity contribution in [2.45, 2.75) is 79.8 Å². The van der Waals surface area contributed by atoms with Gasteiger partial charge in [-0.25, -0.2) is 0 Å². The molecule has 7 nitrogen and oxygen atoms in total. The van der Waals surface area contributed by atoms with Crippen LogP contribution < -0.4 is 0 Å². The lowest BCUT2D eigenvalue weighted by atomic mass is 9.44. The Bertz CT molecular complexity index is 1630. The molecule has 0 saturated carbocycles. The van der Waals surface area contributed by atoms with E-state index < -0.39 is 51.0 Å². The number of aliphatic hydroxyl groups excluding tert-OH is 2. The summed E-state index contributed by atoms with van der Waals surface area (Å²) in [5.74, 6) is -5.12. The Hall–Kier alpha value is -3.71. The molecule has 0 spiro atoms. The van der Waals surface area contributed by atoms with Crippen LogP contribution in [0.25, 0.3) is 11.1 Å². The normalized spacial score (nSPS) is 29.0. The first-order chi connectivity index (χ1) is 19.6. The average Bonchev–Trinajstić information content (AvgIpc) is 2.90. The average molecular weight is 573 g/mol. The second-order valence-electron chi connectivity index (χ2n) is 13.1. The fourth-order valence-electron chi connectivity index (χ4n) is 8.41. The molecule has 222 valence electrons. The summed E-state index contributed by atoms with van der Waals surface area (Å²) >= 11 is 0. The van der Waals surface area contributed by atoms with Gasteiger partial charge in [0.05, 0.1) is 5.56 Å². The summed E-state index contributed by atoms with van der Waals surface area (Å²) in [5.41, 5.74) is -1.08. The third-order valence-electron chi connectivity index (χ3n) is 10.1. The minimum atomic E-state index is -2.62. The molecule has 3 aliphatic rings. The number of hydrogen-bond donors (Lipinski definition) is 4. The van der Waals surface area contributed by atoms with E-state index in [4.69, 9.17) is 0 Å². The molecule has 0 saturated heterocycles. The van der Waals surface area contributed by atoms with Crippen LogP contribution in [0.5, 0.6) is 5.75 Å². The maximum atomic E-state index is 14.3. The quantitative estimate of drug-likeness (QED) is 0.317. The zero-order valence-corrected chi connectivity index (χ0v) is 25.4. The predicted octanol–water partition coefficient (Wildman–Crippen LogP) is 6.14. The Morgan fingerprint density at radius 3 is 2.21 bits per heavy atom. The largest absolute Gasteiger partial charge is 0.511 e. The van der Waals surface area contributed by atoms with Crippen molar-refractivity contribution in [1.29, 1.82) is 0 Å². The molecule has 0 fully saturated rings. The molecule has 2 aromatic rings. The molecule has 0 amide bonds. The van der Waals surface area contributed by atoms with Crippen molar-refractivity contribution >= 4 is 17.3 Å². The number of aromatic hydroxyl groups is 1. The number of rotatable bonds is 5. The number of benzene rings is 2. The van der Waals surface area contributed by atoms with Crippen molar-refractivity contribution in [3.8, 4) is 16.9 Å². The van der Waals surface area contributed by atoms with Crippen LogP contribution in [0.2, 0.25) is 0 Å². The summed E-state index contributed by atoms with van der Waals surface area (Å²) in [4.78, 5) is 40.7. The van der Waals surface area contributed by atoms with E-state index in [0.29, 0.717) is 5.56 Å². The zero-order chi connectivity index (χ0) is 31.1. The van der Waals surface area contributed by atoms with E-state index >= 15 is 0 Å². The number of carbonyl (C=O) groups excluding carboxylic acids is 3. The van der Waals surface area contributed by atoms with Gasteiger partial charge in [-0.2, -0.15) is 0 Å². The number of allylic oxidation sites excluding steroid dienone is 2. The highest BCUT2D eigenvalue weighted by Crippen LogP contribution is 2.65. The molecule has 7 heteroatoms. The number of fused-ring (bicyclic) bond motifs is 3. The smallest absolute Gasteiger partial charge is 0.209 e. The molecule has 5 rings (SSSR count). The van der Waals surface area contributed by atoms with Crippen LogP contribution in [0.4, 0.5) is 0 Å². The molecule has 1 unspecified atom stereocenters. The monoisotopic (exact) mass is 572 g/mol. The Balaban J connectivity index is 1.81. The minimum absolute atomic E-state index is 0.0363. The fraction of sp³-hybridized carbons (Fsp3) is 0.457. The Morgan fingerprint density at radius 2 is 1.64 bits per heavy atom. The van der Waals surface area contributed by atoms with Gasteiger partial charge in [0.25, 0.3) is 0 Å². The van der Waals surface area contributed by atoms with Crippen LogP contribution >= 0.6 is 0 Å². The third-order valence-corrected chi connectivity index (χ3v) is 10.1. The topological polar surface area (TPSA) is 132 Å². The lowest BCUT2D eigenvalue weighted by Gasteiger charge is -2.59. The van der Waals surface area contributed by atoms with Gasteiger partial charge < -0.3 is 20.4 Å². The zero-order valence-electron chi connectivity index (χ0n) is 25.4. The van der Waals surface area contributed by atoms with Crippen LogP contribution in [0, 0.1) is 22.7 Å². The number of ketones is 3. The highest BCUT2D eigenvalue weighted by molar-refractivity contribution is 6.25. The van der Waals surface area contributed by atoms with Crippen LogP contribution in [0.1, 0.15) is 81.9 Å². The van der Waals surface area contributed by atoms with Crippen LogP contribution in [-0.2, 0) is 28.9 Å². The third kappa shape index (κ3) is 3.72. The van der Waals surface area contributed by atoms with Crippen LogP contribution in [-0.4, -0.2) is 43.4 Å². The van der Waals surface area contributed by atoms with E-state index in [2.05, 4.69) is 26.0 Å². The van der Waals surface area contributed by atoms with Crippen molar-refractivity contribution in [2.75, 3.05) is 0 Å². The summed E-state index contributed by atoms with van der Waals surface area (Å²) in [5, 5.41) is 46.3. The van der Waals surface area contributed by atoms with Crippen molar-refractivity contribution in [2.24, 2.45) is 22.7 Å². The van der Waals surface area contributed by atoms with Gasteiger partial charge in [-0.3, -0.25) is 14.4 Å². The Labute approximate surface area is 246 Å². The molecule has 4 N–H and O–H groups in total. The number of phenolic OH excluding ortho intramolecular Hbond substituents is 1. The molecule has 42 heavy (non-hydrogen) atoms. The summed E-state index contributed by atoms with van der Waals surface area (Å²) in [6.07, 6.45) is 1.96. The van der Waals surface area contributed by atoms with Gasteiger partial charge in [0, 0.05) is 22.3 Å². The maximum Gasteiger partial charge on any atom is 0.209 e. The summed E-state index contributed by atoms with van der Waals surface area (Å²) in [7, 11) is 0. The fourth-order valence-corrected chi connectivity index (χ4v) is 8.41.